The first-order valence-corrected chi connectivity index (χ1v) is 8.06. The second kappa shape index (κ2) is 7.47. The van der Waals surface area contributed by atoms with Gasteiger partial charge in [-0.15, -0.1) is 0 Å². The molecule has 0 atom stereocenters. The number of aryl methyl sites for hydroxylation is 1. The lowest BCUT2D eigenvalue weighted by atomic mass is 10.3. The van der Waals surface area contributed by atoms with Gasteiger partial charge in [0.2, 0.25) is 5.95 Å². The second-order valence-electron chi connectivity index (χ2n) is 5.22. The second-order valence-corrected chi connectivity index (χ2v) is 6.09. The molecule has 0 aliphatic heterocycles. The topological polar surface area (TPSA) is 62.7 Å². The van der Waals surface area contributed by atoms with Gasteiger partial charge in [-0.3, -0.25) is 4.98 Å². The van der Waals surface area contributed by atoms with Gasteiger partial charge >= 0.3 is 0 Å². The van der Waals surface area contributed by atoms with Crippen LogP contribution >= 0.6 is 23.2 Å². The van der Waals surface area contributed by atoms with Crippen LogP contribution in [0.4, 0.5) is 17.5 Å². The van der Waals surface area contributed by atoms with Crippen LogP contribution in [0.5, 0.6) is 0 Å². The Morgan fingerprint density at radius 2 is 1.83 bits per heavy atom. The lowest BCUT2D eigenvalue weighted by Gasteiger charge is -2.10. The molecule has 2 heterocycles. The van der Waals surface area contributed by atoms with Crippen molar-refractivity contribution in [3.63, 3.8) is 0 Å². The number of pyridine rings is 1. The molecule has 0 amide bonds. The Kier molecular flexibility index (Phi) is 5.13. The van der Waals surface area contributed by atoms with Crippen LogP contribution < -0.4 is 10.6 Å². The van der Waals surface area contributed by atoms with E-state index in [9.17, 15) is 0 Å². The summed E-state index contributed by atoms with van der Waals surface area (Å²) in [6.07, 6.45) is 3.54. The number of aromatic nitrogens is 3. The van der Waals surface area contributed by atoms with Gasteiger partial charge in [0.1, 0.15) is 5.82 Å². The third kappa shape index (κ3) is 4.57. The monoisotopic (exact) mass is 359 g/mol. The number of anilines is 3. The van der Waals surface area contributed by atoms with E-state index in [-0.39, 0.29) is 0 Å². The molecule has 24 heavy (non-hydrogen) atoms. The molecule has 7 heteroatoms. The van der Waals surface area contributed by atoms with Crippen molar-refractivity contribution in [2.24, 2.45) is 0 Å². The standard InChI is InChI=1S/C17H15Cl2N5/c1-11-5-16(23-15-7-13(18)6-14(19)8-15)24-17(22-11)21-10-12-3-2-4-20-9-12/h2-9H,10H2,1H3,(H2,21,22,23,24). The molecule has 2 N–H and O–H groups in total. The molecule has 1 aromatic carbocycles. The summed E-state index contributed by atoms with van der Waals surface area (Å²) in [5, 5.41) is 7.51. The third-order valence-electron chi connectivity index (χ3n) is 3.16. The van der Waals surface area contributed by atoms with Crippen LogP contribution in [0.1, 0.15) is 11.3 Å². The Hall–Kier alpha value is -2.37. The van der Waals surface area contributed by atoms with Crippen LogP contribution in [0, 0.1) is 6.92 Å². The van der Waals surface area contributed by atoms with Crippen LogP contribution in [-0.2, 0) is 6.54 Å². The predicted molar refractivity (Wildman–Crippen MR) is 98.1 cm³/mol. The molecule has 0 radical (unpaired) electrons. The molecule has 0 aliphatic carbocycles. The molecular formula is C17H15Cl2N5. The molecule has 3 rings (SSSR count). The highest BCUT2D eigenvalue weighted by Gasteiger charge is 2.05. The Morgan fingerprint density at radius 1 is 1.04 bits per heavy atom. The smallest absolute Gasteiger partial charge is 0.225 e. The minimum atomic E-state index is 0.537. The van der Waals surface area contributed by atoms with E-state index in [4.69, 9.17) is 23.2 Å². The van der Waals surface area contributed by atoms with Gasteiger partial charge in [-0.25, -0.2) is 4.98 Å². The number of nitrogens with zero attached hydrogens (tertiary/aromatic N) is 3. The fourth-order valence-corrected chi connectivity index (χ4v) is 2.70. The summed E-state index contributed by atoms with van der Waals surface area (Å²) >= 11 is 12.0. The van der Waals surface area contributed by atoms with E-state index >= 15 is 0 Å². The third-order valence-corrected chi connectivity index (χ3v) is 3.60. The Labute approximate surface area is 150 Å². The van der Waals surface area contributed by atoms with Crippen molar-refractivity contribution in [3.8, 4) is 0 Å². The van der Waals surface area contributed by atoms with Crippen molar-refractivity contribution >= 4 is 40.7 Å². The summed E-state index contributed by atoms with van der Waals surface area (Å²) in [4.78, 5) is 12.9. The van der Waals surface area contributed by atoms with E-state index in [0.29, 0.717) is 28.4 Å². The van der Waals surface area contributed by atoms with Crippen LogP contribution in [0.15, 0.2) is 48.8 Å². The lowest BCUT2D eigenvalue weighted by molar-refractivity contribution is 1.02. The van der Waals surface area contributed by atoms with Crippen molar-refractivity contribution in [2.75, 3.05) is 10.6 Å². The van der Waals surface area contributed by atoms with E-state index in [1.807, 2.05) is 25.1 Å². The predicted octanol–water partition coefficient (Wildman–Crippen LogP) is 4.84. The fourth-order valence-electron chi connectivity index (χ4n) is 2.17. The van der Waals surface area contributed by atoms with Crippen LogP contribution in [0.25, 0.3) is 0 Å². The van der Waals surface area contributed by atoms with Gasteiger partial charge < -0.3 is 10.6 Å². The summed E-state index contributed by atoms with van der Waals surface area (Å²) in [6.45, 7) is 2.51. The Bertz CT molecular complexity index is 819. The number of hydrogen-bond acceptors (Lipinski definition) is 5. The van der Waals surface area contributed by atoms with Gasteiger partial charge in [0.05, 0.1) is 0 Å². The first-order chi connectivity index (χ1) is 11.6. The van der Waals surface area contributed by atoms with Gasteiger partial charge in [0.25, 0.3) is 0 Å². The summed E-state index contributed by atoms with van der Waals surface area (Å²) < 4.78 is 0. The van der Waals surface area contributed by atoms with E-state index in [2.05, 4.69) is 25.6 Å². The molecule has 5 nitrogen and oxygen atoms in total. The van der Waals surface area contributed by atoms with Crippen LogP contribution in [0.2, 0.25) is 10.0 Å². The normalized spacial score (nSPS) is 10.5. The summed E-state index contributed by atoms with van der Waals surface area (Å²) in [5.74, 6) is 1.20. The van der Waals surface area contributed by atoms with E-state index in [1.54, 1.807) is 30.6 Å². The summed E-state index contributed by atoms with van der Waals surface area (Å²) in [7, 11) is 0. The zero-order valence-corrected chi connectivity index (χ0v) is 14.4. The largest absolute Gasteiger partial charge is 0.350 e. The van der Waals surface area contributed by atoms with Crippen molar-refractivity contribution in [2.45, 2.75) is 13.5 Å². The average molecular weight is 360 g/mol. The molecule has 0 saturated heterocycles. The highest BCUT2D eigenvalue weighted by Crippen LogP contribution is 2.25. The molecular weight excluding hydrogens is 345 g/mol. The number of hydrogen-bond donors (Lipinski definition) is 2. The lowest BCUT2D eigenvalue weighted by Crippen LogP contribution is -2.06. The molecule has 0 bridgehead atoms. The quantitative estimate of drug-likeness (QED) is 0.682. The van der Waals surface area contributed by atoms with Crippen molar-refractivity contribution in [3.05, 3.63) is 70.1 Å². The average Bonchev–Trinajstić information content (AvgIpc) is 2.52. The molecule has 2 aromatic heterocycles. The fraction of sp³-hybridized carbons (Fsp3) is 0.118. The van der Waals surface area contributed by atoms with Crippen molar-refractivity contribution < 1.29 is 0 Å². The van der Waals surface area contributed by atoms with Gasteiger partial charge in [0.15, 0.2) is 0 Å². The Morgan fingerprint density at radius 3 is 2.54 bits per heavy atom. The van der Waals surface area contributed by atoms with E-state index < -0.39 is 0 Å². The number of benzene rings is 1. The maximum absolute atomic E-state index is 6.02. The highest BCUT2D eigenvalue weighted by molar-refractivity contribution is 6.35. The molecule has 0 saturated carbocycles. The maximum atomic E-state index is 6.02. The summed E-state index contributed by atoms with van der Waals surface area (Å²) in [5.41, 5.74) is 2.66. The zero-order valence-electron chi connectivity index (χ0n) is 12.9. The van der Waals surface area contributed by atoms with Gasteiger partial charge in [0, 0.05) is 46.4 Å². The number of halogens is 2. The Balaban J connectivity index is 1.76. The van der Waals surface area contributed by atoms with E-state index in [0.717, 1.165) is 16.9 Å². The molecule has 0 unspecified atom stereocenters. The number of nitrogens with one attached hydrogen (secondary N) is 2. The molecule has 0 spiro atoms. The molecule has 0 aliphatic rings. The van der Waals surface area contributed by atoms with Crippen LogP contribution in [0.3, 0.4) is 0 Å². The minimum Gasteiger partial charge on any atom is -0.350 e. The molecule has 0 fully saturated rings. The molecule has 3 aromatic rings. The SMILES string of the molecule is Cc1cc(Nc2cc(Cl)cc(Cl)c2)nc(NCc2cccnc2)n1. The maximum Gasteiger partial charge on any atom is 0.225 e. The van der Waals surface area contributed by atoms with Crippen molar-refractivity contribution in [1.29, 1.82) is 0 Å². The van der Waals surface area contributed by atoms with Gasteiger partial charge in [-0.2, -0.15) is 4.98 Å². The van der Waals surface area contributed by atoms with Gasteiger partial charge in [-0.1, -0.05) is 29.3 Å². The van der Waals surface area contributed by atoms with Gasteiger partial charge in [-0.05, 0) is 36.8 Å². The first kappa shape index (κ1) is 16.5. The first-order valence-electron chi connectivity index (χ1n) is 7.30. The highest BCUT2D eigenvalue weighted by atomic mass is 35.5. The van der Waals surface area contributed by atoms with Crippen molar-refractivity contribution in [1.82, 2.24) is 15.0 Å². The van der Waals surface area contributed by atoms with Crippen LogP contribution in [-0.4, -0.2) is 15.0 Å². The minimum absolute atomic E-state index is 0.537. The summed E-state index contributed by atoms with van der Waals surface area (Å²) in [6, 6.07) is 11.0. The molecule has 122 valence electrons. The zero-order chi connectivity index (χ0) is 16.9. The van der Waals surface area contributed by atoms with E-state index in [1.165, 1.54) is 0 Å². The number of rotatable bonds is 5.